The summed E-state index contributed by atoms with van der Waals surface area (Å²) in [5, 5.41) is 10.9. The molecular formula is C9H14N3O4PS. The molecule has 0 aromatic carbocycles. The van der Waals surface area contributed by atoms with Crippen LogP contribution in [0.25, 0.3) is 0 Å². The number of hydrogen-bond donors (Lipinski definition) is 2. The van der Waals surface area contributed by atoms with Gasteiger partial charge in [-0.3, -0.25) is 4.67 Å². The van der Waals surface area contributed by atoms with Gasteiger partial charge in [-0.05, 0) is 47.2 Å². The smallest absolute Gasteiger partial charge is 0.358 e. The predicted molar refractivity (Wildman–Crippen MR) is 71.8 cm³/mol. The van der Waals surface area contributed by atoms with Crippen molar-refractivity contribution in [2.24, 2.45) is 0 Å². The predicted octanol–water partition coefficient (Wildman–Crippen LogP) is 1.80. The van der Waals surface area contributed by atoms with E-state index in [1.54, 1.807) is 6.92 Å². The molecule has 1 rings (SSSR count). The quantitative estimate of drug-likeness (QED) is 0.484. The van der Waals surface area contributed by atoms with Crippen LogP contribution in [-0.2, 0) is 11.8 Å². The summed E-state index contributed by atoms with van der Waals surface area (Å²) >= 11 is 4.67. The molecule has 0 bridgehead atoms. The number of anilines is 1. The van der Waals surface area contributed by atoms with Gasteiger partial charge in [0.1, 0.15) is 11.9 Å². The zero-order chi connectivity index (χ0) is 13.9. The van der Waals surface area contributed by atoms with E-state index in [9.17, 15) is 19.9 Å². The van der Waals surface area contributed by atoms with Crippen molar-refractivity contribution in [3.8, 4) is 0 Å². The fraction of sp³-hybridized carbons (Fsp3) is 0.444. The average Bonchev–Trinajstić information content (AvgIpc) is 2.27. The topological polar surface area (TPSA) is 99.7 Å². The van der Waals surface area contributed by atoms with Gasteiger partial charge in [-0.2, -0.15) is 0 Å². The van der Waals surface area contributed by atoms with Gasteiger partial charge in [-0.15, -0.1) is 0 Å². The van der Waals surface area contributed by atoms with Crippen LogP contribution in [0.4, 0.5) is 11.5 Å². The molecule has 0 amide bonds. The summed E-state index contributed by atoms with van der Waals surface area (Å²) in [6, 6.07) is 2.56. The average molecular weight is 291 g/mol. The van der Waals surface area contributed by atoms with Gasteiger partial charge in [-0.1, -0.05) is 6.92 Å². The van der Waals surface area contributed by atoms with E-state index in [0.717, 1.165) is 4.67 Å². The van der Waals surface area contributed by atoms with Crippen molar-refractivity contribution >= 4 is 30.0 Å². The molecule has 0 aliphatic heterocycles. The molecule has 7 nitrogen and oxygen atoms in total. The van der Waals surface area contributed by atoms with Crippen molar-refractivity contribution < 1.29 is 14.7 Å². The van der Waals surface area contributed by atoms with Crippen LogP contribution in [0.1, 0.15) is 20.3 Å². The summed E-state index contributed by atoms with van der Waals surface area (Å²) in [6.07, 6.45) is 1.83. The molecule has 100 valence electrons. The molecule has 1 unspecified atom stereocenters. The standard InChI is InChI=1S/C9H14N3O4PS/c1-3-7(2)11(17(15,16)18)8-5-4-6-10-9(8)12(13)14/h4-7H,3H2,1-2H3,(H2,15,16,18). The van der Waals surface area contributed by atoms with E-state index in [0.29, 0.717) is 6.42 Å². The first-order valence-corrected chi connectivity index (χ1v) is 7.89. The molecule has 0 saturated heterocycles. The largest absolute Gasteiger partial charge is 0.387 e. The van der Waals surface area contributed by atoms with Crippen molar-refractivity contribution in [1.82, 2.24) is 4.98 Å². The minimum atomic E-state index is -3.81. The number of aromatic nitrogens is 1. The van der Waals surface area contributed by atoms with Gasteiger partial charge in [0.15, 0.2) is 0 Å². The molecule has 1 aromatic rings. The molecule has 9 heteroatoms. The van der Waals surface area contributed by atoms with Crippen molar-refractivity contribution in [1.29, 1.82) is 0 Å². The monoisotopic (exact) mass is 291 g/mol. The van der Waals surface area contributed by atoms with Gasteiger partial charge in [0.25, 0.3) is 6.64 Å². The molecule has 0 saturated carbocycles. The zero-order valence-corrected chi connectivity index (χ0v) is 11.6. The Kier molecular flexibility index (Phi) is 4.75. The Morgan fingerprint density at radius 1 is 1.67 bits per heavy atom. The Morgan fingerprint density at radius 3 is 2.72 bits per heavy atom. The van der Waals surface area contributed by atoms with Crippen LogP contribution in [0.3, 0.4) is 0 Å². The lowest BCUT2D eigenvalue weighted by Gasteiger charge is -2.32. The fourth-order valence-electron chi connectivity index (χ4n) is 1.52. The number of pyridine rings is 1. The molecule has 1 heterocycles. The second kappa shape index (κ2) is 5.71. The summed E-state index contributed by atoms with van der Waals surface area (Å²) < 4.78 is 1.10. The number of hydrogen-bond acceptors (Lipinski definition) is 4. The first-order chi connectivity index (χ1) is 8.29. The maximum atomic E-state index is 10.9. The summed E-state index contributed by atoms with van der Waals surface area (Å²) in [5.41, 5.74) is 0.0326. The summed E-state index contributed by atoms with van der Waals surface area (Å²) in [5.74, 6) is -0.435. The van der Waals surface area contributed by atoms with Crippen LogP contribution in [0.5, 0.6) is 0 Å². The maximum Gasteiger partial charge on any atom is 0.387 e. The van der Waals surface area contributed by atoms with Crippen molar-refractivity contribution in [2.45, 2.75) is 26.3 Å². The van der Waals surface area contributed by atoms with E-state index in [1.165, 1.54) is 18.3 Å². The molecule has 0 aliphatic carbocycles. The lowest BCUT2D eigenvalue weighted by atomic mass is 10.2. The van der Waals surface area contributed by atoms with Crippen molar-refractivity contribution in [3.63, 3.8) is 0 Å². The maximum absolute atomic E-state index is 10.9. The van der Waals surface area contributed by atoms with Gasteiger partial charge in [-0.25, -0.2) is 0 Å². The second-order valence-electron chi connectivity index (χ2n) is 3.72. The third kappa shape index (κ3) is 3.23. The Balaban J connectivity index is 3.39. The van der Waals surface area contributed by atoms with E-state index >= 15 is 0 Å². The lowest BCUT2D eigenvalue weighted by molar-refractivity contribution is -0.388. The third-order valence-electron chi connectivity index (χ3n) is 2.47. The van der Waals surface area contributed by atoms with Crippen molar-refractivity contribution in [2.75, 3.05) is 4.67 Å². The molecule has 18 heavy (non-hydrogen) atoms. The molecule has 0 fully saturated rings. The normalized spacial score (nSPS) is 13.1. The molecule has 1 aromatic heterocycles. The van der Waals surface area contributed by atoms with E-state index in [1.807, 2.05) is 6.92 Å². The highest BCUT2D eigenvalue weighted by Gasteiger charge is 2.31. The minimum absolute atomic E-state index is 0.0326. The molecule has 1 atom stereocenters. The highest BCUT2D eigenvalue weighted by molar-refractivity contribution is 8.09. The van der Waals surface area contributed by atoms with Crippen LogP contribution >= 0.6 is 6.64 Å². The number of nitro groups is 1. The third-order valence-corrected chi connectivity index (χ3v) is 4.17. The highest BCUT2D eigenvalue weighted by Crippen LogP contribution is 2.48. The fourth-order valence-corrected chi connectivity index (χ4v) is 3.38. The van der Waals surface area contributed by atoms with Crippen LogP contribution < -0.4 is 4.67 Å². The minimum Gasteiger partial charge on any atom is -0.358 e. The highest BCUT2D eigenvalue weighted by atomic mass is 32.5. The summed E-state index contributed by atoms with van der Waals surface area (Å²) in [6.45, 7) is -0.278. The van der Waals surface area contributed by atoms with E-state index in [-0.39, 0.29) is 11.7 Å². The summed E-state index contributed by atoms with van der Waals surface area (Å²) in [4.78, 5) is 33.3. The first-order valence-electron chi connectivity index (χ1n) is 5.23. The number of nitrogens with zero attached hydrogens (tertiary/aromatic N) is 3. The molecule has 0 radical (unpaired) electrons. The van der Waals surface area contributed by atoms with Crippen LogP contribution in [0.15, 0.2) is 18.3 Å². The van der Waals surface area contributed by atoms with Gasteiger partial charge < -0.3 is 19.9 Å². The zero-order valence-electron chi connectivity index (χ0n) is 9.92. The van der Waals surface area contributed by atoms with Crippen molar-refractivity contribution in [3.05, 3.63) is 28.4 Å². The Labute approximate surface area is 109 Å². The first kappa shape index (κ1) is 15.0. The summed E-state index contributed by atoms with van der Waals surface area (Å²) in [7, 11) is 0. The number of rotatable bonds is 5. The lowest BCUT2D eigenvalue weighted by Crippen LogP contribution is -2.30. The molecule has 0 spiro atoms. The second-order valence-corrected chi connectivity index (χ2v) is 6.65. The van der Waals surface area contributed by atoms with Gasteiger partial charge in [0, 0.05) is 6.04 Å². The Hall–Kier alpha value is -1.08. The van der Waals surface area contributed by atoms with Crippen LogP contribution in [0, 0.1) is 10.1 Å². The van der Waals surface area contributed by atoms with E-state index < -0.39 is 17.4 Å². The van der Waals surface area contributed by atoms with Crippen LogP contribution in [-0.4, -0.2) is 25.7 Å². The van der Waals surface area contributed by atoms with Gasteiger partial charge >= 0.3 is 5.82 Å². The van der Waals surface area contributed by atoms with E-state index in [2.05, 4.69) is 16.8 Å². The molecule has 0 aliphatic rings. The van der Waals surface area contributed by atoms with Gasteiger partial charge in [0.05, 0.1) is 0 Å². The van der Waals surface area contributed by atoms with E-state index in [4.69, 9.17) is 0 Å². The molecular weight excluding hydrogens is 277 g/mol. The Morgan fingerprint density at radius 2 is 2.28 bits per heavy atom. The van der Waals surface area contributed by atoms with Gasteiger partial charge in [0.2, 0.25) is 0 Å². The SMILES string of the molecule is CCC(C)N(c1cccnc1[N+](=O)[O-])P(O)(O)=S. The Bertz CT molecular complexity index is 492. The van der Waals surface area contributed by atoms with Crippen LogP contribution in [0.2, 0.25) is 0 Å². The molecule has 2 N–H and O–H groups in total.